The summed E-state index contributed by atoms with van der Waals surface area (Å²) >= 11 is 0. The molecule has 5 heteroatoms. The molecule has 0 saturated carbocycles. The van der Waals surface area contributed by atoms with Crippen LogP contribution in [-0.2, 0) is 6.54 Å². The van der Waals surface area contributed by atoms with Crippen molar-refractivity contribution in [2.75, 3.05) is 17.2 Å². The number of hydrogen-bond acceptors (Lipinski definition) is 5. The van der Waals surface area contributed by atoms with Gasteiger partial charge in [-0.3, -0.25) is 4.98 Å². The maximum absolute atomic E-state index is 4.55. The number of hydrogen-bond donors (Lipinski definition) is 2. The smallest absolute Gasteiger partial charge is 0.225 e. The fraction of sp³-hybridized carbons (Fsp3) is 0.118. The number of aromatic nitrogens is 3. The van der Waals surface area contributed by atoms with E-state index in [4.69, 9.17) is 0 Å². The zero-order chi connectivity index (χ0) is 15.2. The van der Waals surface area contributed by atoms with Crippen LogP contribution in [0, 0.1) is 0 Å². The molecule has 0 aliphatic carbocycles. The van der Waals surface area contributed by atoms with Crippen molar-refractivity contribution < 1.29 is 0 Å². The zero-order valence-electron chi connectivity index (χ0n) is 12.2. The second-order valence-electron chi connectivity index (χ2n) is 4.80. The lowest BCUT2D eigenvalue weighted by Crippen LogP contribution is -2.08. The van der Waals surface area contributed by atoms with E-state index in [1.807, 2.05) is 42.6 Å². The Balaban J connectivity index is 1.87. The monoisotopic (exact) mass is 291 g/mol. The molecule has 3 aromatic rings. The number of pyridine rings is 1. The highest BCUT2D eigenvalue weighted by Gasteiger charge is 2.06. The van der Waals surface area contributed by atoms with E-state index in [1.54, 1.807) is 12.3 Å². The van der Waals surface area contributed by atoms with Crippen LogP contribution < -0.4 is 10.6 Å². The third-order valence-corrected chi connectivity index (χ3v) is 3.19. The summed E-state index contributed by atoms with van der Waals surface area (Å²) in [5, 5.41) is 7.49. The first kappa shape index (κ1) is 14.0. The van der Waals surface area contributed by atoms with Crippen molar-refractivity contribution in [2.45, 2.75) is 6.54 Å². The van der Waals surface area contributed by atoms with Gasteiger partial charge in [0.05, 0.1) is 5.52 Å². The quantitative estimate of drug-likeness (QED) is 0.683. The van der Waals surface area contributed by atoms with Gasteiger partial charge in [0.15, 0.2) is 0 Å². The summed E-state index contributed by atoms with van der Waals surface area (Å²) in [6.45, 7) is 5.01. The van der Waals surface area contributed by atoms with Crippen molar-refractivity contribution in [1.29, 1.82) is 0 Å². The summed E-state index contributed by atoms with van der Waals surface area (Å²) in [6.07, 6.45) is 5.39. The van der Waals surface area contributed by atoms with Gasteiger partial charge in [-0.15, -0.1) is 6.58 Å². The molecule has 0 spiro atoms. The number of para-hydroxylation sites is 1. The average molecular weight is 291 g/mol. The fourth-order valence-corrected chi connectivity index (χ4v) is 2.14. The first-order valence-corrected chi connectivity index (χ1v) is 7.11. The van der Waals surface area contributed by atoms with E-state index >= 15 is 0 Å². The number of anilines is 2. The molecular weight excluding hydrogens is 274 g/mol. The van der Waals surface area contributed by atoms with E-state index in [-0.39, 0.29) is 0 Å². The summed E-state index contributed by atoms with van der Waals surface area (Å²) in [4.78, 5) is 13.2. The van der Waals surface area contributed by atoms with E-state index in [1.165, 1.54) is 0 Å². The van der Waals surface area contributed by atoms with Gasteiger partial charge in [0, 0.05) is 30.9 Å². The van der Waals surface area contributed by atoms with Gasteiger partial charge in [0.25, 0.3) is 0 Å². The summed E-state index contributed by atoms with van der Waals surface area (Å²) in [5.74, 6) is 1.40. The number of benzene rings is 1. The predicted molar refractivity (Wildman–Crippen MR) is 89.8 cm³/mol. The molecule has 1 aromatic carbocycles. The first-order chi connectivity index (χ1) is 10.9. The van der Waals surface area contributed by atoms with Crippen LogP contribution in [0.1, 0.15) is 5.56 Å². The highest BCUT2D eigenvalue weighted by molar-refractivity contribution is 5.90. The second-order valence-corrected chi connectivity index (χ2v) is 4.80. The Kier molecular flexibility index (Phi) is 4.25. The van der Waals surface area contributed by atoms with Crippen molar-refractivity contribution in [2.24, 2.45) is 0 Å². The van der Waals surface area contributed by atoms with Crippen molar-refractivity contribution >= 4 is 22.7 Å². The zero-order valence-corrected chi connectivity index (χ0v) is 12.2. The summed E-state index contributed by atoms with van der Waals surface area (Å²) in [5.41, 5.74) is 1.98. The van der Waals surface area contributed by atoms with Gasteiger partial charge < -0.3 is 10.6 Å². The molecule has 0 fully saturated rings. The topological polar surface area (TPSA) is 62.7 Å². The van der Waals surface area contributed by atoms with E-state index in [2.05, 4.69) is 32.2 Å². The van der Waals surface area contributed by atoms with Gasteiger partial charge in [0.2, 0.25) is 5.95 Å². The Morgan fingerprint density at radius 2 is 1.95 bits per heavy atom. The number of nitrogens with one attached hydrogen (secondary N) is 2. The number of nitrogens with zero attached hydrogens (tertiary/aromatic N) is 3. The van der Waals surface area contributed by atoms with E-state index in [0.717, 1.165) is 22.3 Å². The molecule has 0 unspecified atom stereocenters. The maximum Gasteiger partial charge on any atom is 0.225 e. The molecule has 0 atom stereocenters. The molecule has 2 N–H and O–H groups in total. The van der Waals surface area contributed by atoms with Crippen molar-refractivity contribution in [3.63, 3.8) is 0 Å². The molecule has 0 aliphatic heterocycles. The van der Waals surface area contributed by atoms with Crippen LogP contribution in [-0.4, -0.2) is 21.5 Å². The second kappa shape index (κ2) is 6.67. The van der Waals surface area contributed by atoms with Gasteiger partial charge >= 0.3 is 0 Å². The standard InChI is InChI=1S/C17H17N5/c1-2-9-19-16-14-7-3-4-8-15(14)21-17(22-16)20-12-13-6-5-10-18-11-13/h2-8,10-11H,1,9,12H2,(H2,19,20,21,22). The lowest BCUT2D eigenvalue weighted by atomic mass is 10.2. The molecule has 22 heavy (non-hydrogen) atoms. The minimum absolute atomic E-state index is 0.592. The third-order valence-electron chi connectivity index (χ3n) is 3.19. The van der Waals surface area contributed by atoms with E-state index in [0.29, 0.717) is 19.0 Å². The first-order valence-electron chi connectivity index (χ1n) is 7.11. The van der Waals surface area contributed by atoms with E-state index < -0.39 is 0 Å². The van der Waals surface area contributed by atoms with Crippen LogP contribution in [0.15, 0.2) is 61.4 Å². The summed E-state index contributed by atoms with van der Waals surface area (Å²) < 4.78 is 0. The number of rotatable bonds is 6. The minimum atomic E-state index is 0.592. The SMILES string of the molecule is C=CCNc1nc(NCc2cccnc2)nc2ccccc12. The molecule has 2 aromatic heterocycles. The molecule has 5 nitrogen and oxygen atoms in total. The van der Waals surface area contributed by atoms with Crippen LogP contribution in [0.4, 0.5) is 11.8 Å². The molecule has 0 amide bonds. The van der Waals surface area contributed by atoms with Crippen LogP contribution >= 0.6 is 0 Å². The van der Waals surface area contributed by atoms with Crippen molar-refractivity contribution in [1.82, 2.24) is 15.0 Å². The molecule has 0 radical (unpaired) electrons. The normalized spacial score (nSPS) is 10.4. The van der Waals surface area contributed by atoms with Crippen LogP contribution in [0.2, 0.25) is 0 Å². The highest BCUT2D eigenvalue weighted by atomic mass is 15.1. The minimum Gasteiger partial charge on any atom is -0.366 e. The lowest BCUT2D eigenvalue weighted by Gasteiger charge is -2.10. The van der Waals surface area contributed by atoms with Crippen LogP contribution in [0.3, 0.4) is 0 Å². The molecule has 0 saturated heterocycles. The Morgan fingerprint density at radius 3 is 2.77 bits per heavy atom. The molecule has 110 valence electrons. The summed E-state index contributed by atoms with van der Waals surface area (Å²) in [7, 11) is 0. The Labute approximate surface area is 129 Å². The Morgan fingerprint density at radius 1 is 1.05 bits per heavy atom. The molecule has 2 heterocycles. The molecule has 0 bridgehead atoms. The number of fused-ring (bicyclic) bond motifs is 1. The van der Waals surface area contributed by atoms with Gasteiger partial charge in [-0.2, -0.15) is 4.98 Å². The van der Waals surface area contributed by atoms with Crippen molar-refractivity contribution in [3.8, 4) is 0 Å². The lowest BCUT2D eigenvalue weighted by molar-refractivity contribution is 1.05. The van der Waals surface area contributed by atoms with Crippen LogP contribution in [0.5, 0.6) is 0 Å². The summed E-state index contributed by atoms with van der Waals surface area (Å²) in [6, 6.07) is 11.9. The highest BCUT2D eigenvalue weighted by Crippen LogP contribution is 2.21. The average Bonchev–Trinajstić information content (AvgIpc) is 2.58. The third kappa shape index (κ3) is 3.20. The molecule has 3 rings (SSSR count). The largest absolute Gasteiger partial charge is 0.366 e. The van der Waals surface area contributed by atoms with Crippen molar-refractivity contribution in [3.05, 3.63) is 67.0 Å². The van der Waals surface area contributed by atoms with Gasteiger partial charge in [-0.25, -0.2) is 4.98 Å². The van der Waals surface area contributed by atoms with E-state index in [9.17, 15) is 0 Å². The van der Waals surface area contributed by atoms with Gasteiger partial charge in [-0.05, 0) is 23.8 Å². The molecule has 0 aliphatic rings. The van der Waals surface area contributed by atoms with Gasteiger partial charge in [-0.1, -0.05) is 24.3 Å². The van der Waals surface area contributed by atoms with Crippen LogP contribution in [0.25, 0.3) is 10.9 Å². The Bertz CT molecular complexity index is 770. The fourth-order valence-electron chi connectivity index (χ4n) is 2.14. The maximum atomic E-state index is 4.55. The van der Waals surface area contributed by atoms with Gasteiger partial charge in [0.1, 0.15) is 5.82 Å². The Hall–Kier alpha value is -2.95. The predicted octanol–water partition coefficient (Wildman–Crippen LogP) is 3.23. The molecular formula is C17H17N5.